The molecule has 11 nitrogen and oxygen atoms in total. The van der Waals surface area contributed by atoms with Gasteiger partial charge in [-0.1, -0.05) is 67.8 Å². The molecule has 0 aromatic heterocycles. The number of halogens is 1. The molecule has 13 heteroatoms. The average molecular weight is 641 g/mol. The molecular formula is C32H37FN4O7S. The number of methoxy groups -OCH3 is 1. The number of benzene rings is 3. The van der Waals surface area contributed by atoms with Crippen molar-refractivity contribution in [3.05, 3.63) is 99.9 Å². The molecule has 0 bridgehead atoms. The van der Waals surface area contributed by atoms with Gasteiger partial charge in [0.05, 0.1) is 18.3 Å². The molecule has 0 radical (unpaired) electrons. The van der Waals surface area contributed by atoms with Crippen LogP contribution in [0.25, 0.3) is 0 Å². The van der Waals surface area contributed by atoms with Gasteiger partial charge in [0, 0.05) is 36.7 Å². The molecule has 0 aliphatic heterocycles. The Morgan fingerprint density at radius 2 is 1.71 bits per heavy atom. The normalized spacial score (nSPS) is 14.3. The summed E-state index contributed by atoms with van der Waals surface area (Å²) in [7, 11) is -2.95. The number of sulfonamides is 1. The quantitative estimate of drug-likeness (QED) is 0.213. The first-order valence-electron chi connectivity index (χ1n) is 14.6. The van der Waals surface area contributed by atoms with Crippen molar-refractivity contribution in [2.24, 2.45) is 0 Å². The number of carbonyl (C=O) groups is 2. The molecule has 0 saturated heterocycles. The van der Waals surface area contributed by atoms with E-state index in [1.54, 1.807) is 18.2 Å². The Balaban J connectivity index is 1.78. The number of hydrogen-bond donors (Lipinski definition) is 1. The van der Waals surface area contributed by atoms with Gasteiger partial charge in [0.25, 0.3) is 5.69 Å². The van der Waals surface area contributed by atoms with Crippen molar-refractivity contribution in [2.45, 2.75) is 57.2 Å². The van der Waals surface area contributed by atoms with Crippen molar-refractivity contribution in [3.63, 3.8) is 0 Å². The Hall–Kier alpha value is -4.52. The molecule has 240 valence electrons. The summed E-state index contributed by atoms with van der Waals surface area (Å²) in [4.78, 5) is 40.3. The van der Waals surface area contributed by atoms with E-state index < -0.39 is 50.9 Å². The van der Waals surface area contributed by atoms with E-state index in [0.29, 0.717) is 4.31 Å². The van der Waals surface area contributed by atoms with Gasteiger partial charge < -0.3 is 15.0 Å². The van der Waals surface area contributed by atoms with Gasteiger partial charge in [-0.05, 0) is 30.5 Å². The van der Waals surface area contributed by atoms with Crippen LogP contribution < -0.4 is 14.4 Å². The lowest BCUT2D eigenvalue weighted by Crippen LogP contribution is -2.55. The van der Waals surface area contributed by atoms with E-state index >= 15 is 0 Å². The number of nitro benzene ring substituents is 1. The molecule has 3 aromatic carbocycles. The lowest BCUT2D eigenvalue weighted by atomic mass is 9.94. The highest BCUT2D eigenvalue weighted by Gasteiger charge is 2.35. The largest absolute Gasteiger partial charge is 0.495 e. The number of carbonyl (C=O) groups excluding carboxylic acids is 2. The third-order valence-electron chi connectivity index (χ3n) is 7.84. The number of non-ortho nitro benzene ring substituents is 1. The van der Waals surface area contributed by atoms with E-state index in [-0.39, 0.29) is 36.0 Å². The molecule has 1 aliphatic carbocycles. The van der Waals surface area contributed by atoms with Crippen LogP contribution in [0.2, 0.25) is 0 Å². The fourth-order valence-corrected chi connectivity index (χ4v) is 6.33. The van der Waals surface area contributed by atoms with Crippen LogP contribution in [-0.2, 0) is 32.6 Å². The highest BCUT2D eigenvalue weighted by atomic mass is 32.2. The highest BCUT2D eigenvalue weighted by molar-refractivity contribution is 7.92. The Labute approximate surface area is 262 Å². The summed E-state index contributed by atoms with van der Waals surface area (Å²) in [6.07, 6.45) is 5.51. The van der Waals surface area contributed by atoms with Gasteiger partial charge in [-0.3, -0.25) is 24.0 Å². The molecule has 4 rings (SSSR count). The van der Waals surface area contributed by atoms with Crippen molar-refractivity contribution in [3.8, 4) is 5.75 Å². The minimum Gasteiger partial charge on any atom is -0.495 e. The number of nitro groups is 1. The van der Waals surface area contributed by atoms with E-state index in [1.807, 2.05) is 18.2 Å². The molecule has 2 amide bonds. The Morgan fingerprint density at radius 3 is 2.33 bits per heavy atom. The molecule has 1 N–H and O–H groups in total. The maximum absolute atomic E-state index is 15.0. The van der Waals surface area contributed by atoms with Crippen molar-refractivity contribution < 1.29 is 32.1 Å². The molecule has 0 spiro atoms. The van der Waals surface area contributed by atoms with Crippen LogP contribution in [0.1, 0.15) is 43.2 Å². The maximum Gasteiger partial charge on any atom is 0.271 e. The summed E-state index contributed by atoms with van der Waals surface area (Å²) < 4.78 is 47.2. The molecule has 1 saturated carbocycles. The predicted octanol–water partition coefficient (Wildman–Crippen LogP) is 4.60. The smallest absolute Gasteiger partial charge is 0.271 e. The van der Waals surface area contributed by atoms with Crippen molar-refractivity contribution in [1.29, 1.82) is 0 Å². The minimum absolute atomic E-state index is 0.0182. The second kappa shape index (κ2) is 15.0. The third kappa shape index (κ3) is 8.78. The Morgan fingerprint density at radius 1 is 1.04 bits per heavy atom. The van der Waals surface area contributed by atoms with Gasteiger partial charge in [0.15, 0.2) is 0 Å². The SMILES string of the molecule is COc1ccc([N+](=O)[O-])cc1N(CC(=O)N(Cc1ccccc1F)C(Cc1ccccc1)C(=O)NC1CCCCC1)S(C)(=O)=O. The molecule has 45 heavy (non-hydrogen) atoms. The Kier molecular flexibility index (Phi) is 11.1. The first kappa shape index (κ1) is 33.4. The first-order chi connectivity index (χ1) is 21.5. The third-order valence-corrected chi connectivity index (χ3v) is 8.97. The van der Waals surface area contributed by atoms with E-state index in [1.165, 1.54) is 36.3 Å². The van der Waals surface area contributed by atoms with Crippen LogP contribution >= 0.6 is 0 Å². The Bertz CT molecular complexity index is 1610. The highest BCUT2D eigenvalue weighted by Crippen LogP contribution is 2.34. The predicted molar refractivity (Wildman–Crippen MR) is 168 cm³/mol. The van der Waals surface area contributed by atoms with Crippen molar-refractivity contribution in [1.82, 2.24) is 10.2 Å². The van der Waals surface area contributed by atoms with Crippen LogP contribution in [-0.4, -0.2) is 62.0 Å². The number of ether oxygens (including phenoxy) is 1. The number of hydrogen-bond acceptors (Lipinski definition) is 7. The minimum atomic E-state index is -4.22. The number of nitrogens with one attached hydrogen (secondary N) is 1. The standard InChI is InChI=1S/C32H37FN4O7S/c1-44-30-18-17-26(37(40)41)20-28(30)36(45(2,42)43)22-31(38)35(21-24-13-9-10-16-27(24)33)29(19-23-11-5-3-6-12-23)32(39)34-25-14-7-4-8-15-25/h3,5-6,9-13,16-18,20,25,29H,4,7-8,14-15,19,21-22H2,1-2H3,(H,34,39). The fourth-order valence-electron chi connectivity index (χ4n) is 5.49. The summed E-state index contributed by atoms with van der Waals surface area (Å²) in [5, 5.41) is 14.6. The van der Waals surface area contributed by atoms with Crippen LogP contribution in [0.5, 0.6) is 5.75 Å². The van der Waals surface area contributed by atoms with Gasteiger partial charge in [0.2, 0.25) is 21.8 Å². The van der Waals surface area contributed by atoms with Crippen LogP contribution in [0, 0.1) is 15.9 Å². The number of amides is 2. The second-order valence-corrected chi connectivity index (χ2v) is 13.0. The van der Waals surface area contributed by atoms with Gasteiger partial charge >= 0.3 is 0 Å². The van der Waals surface area contributed by atoms with Gasteiger partial charge in [-0.15, -0.1) is 0 Å². The molecule has 0 heterocycles. The number of nitrogens with zero attached hydrogens (tertiary/aromatic N) is 3. The van der Waals surface area contributed by atoms with Crippen LogP contribution in [0.15, 0.2) is 72.8 Å². The zero-order chi connectivity index (χ0) is 32.6. The van der Waals surface area contributed by atoms with Crippen molar-refractivity contribution in [2.75, 3.05) is 24.2 Å². The van der Waals surface area contributed by atoms with E-state index in [2.05, 4.69) is 5.32 Å². The molecule has 3 aromatic rings. The monoisotopic (exact) mass is 640 g/mol. The van der Waals surface area contributed by atoms with Crippen LogP contribution in [0.3, 0.4) is 0 Å². The van der Waals surface area contributed by atoms with E-state index in [0.717, 1.165) is 56.1 Å². The maximum atomic E-state index is 15.0. The molecule has 1 aliphatic rings. The summed E-state index contributed by atoms with van der Waals surface area (Å²) in [6, 6.07) is 17.1. The van der Waals surface area contributed by atoms with Crippen molar-refractivity contribution >= 4 is 33.2 Å². The number of anilines is 1. The lowest BCUT2D eigenvalue weighted by molar-refractivity contribution is -0.384. The number of rotatable bonds is 13. The molecule has 1 atom stereocenters. The van der Waals surface area contributed by atoms with E-state index in [4.69, 9.17) is 4.74 Å². The molecular weight excluding hydrogens is 603 g/mol. The summed E-state index contributed by atoms with van der Waals surface area (Å²) in [5.41, 5.74) is 0.241. The first-order valence-corrected chi connectivity index (χ1v) is 16.5. The average Bonchev–Trinajstić information content (AvgIpc) is 3.02. The van der Waals surface area contributed by atoms with Gasteiger partial charge in [0.1, 0.15) is 29.8 Å². The van der Waals surface area contributed by atoms with Crippen LogP contribution in [0.4, 0.5) is 15.8 Å². The van der Waals surface area contributed by atoms with Gasteiger partial charge in [-0.2, -0.15) is 0 Å². The zero-order valence-corrected chi connectivity index (χ0v) is 26.0. The molecule has 1 fully saturated rings. The summed E-state index contributed by atoms with van der Waals surface area (Å²) >= 11 is 0. The fraction of sp³-hybridized carbons (Fsp3) is 0.375. The topological polar surface area (TPSA) is 139 Å². The molecule has 1 unspecified atom stereocenters. The second-order valence-electron chi connectivity index (χ2n) is 11.0. The van der Waals surface area contributed by atoms with Gasteiger partial charge in [-0.25, -0.2) is 12.8 Å². The summed E-state index contributed by atoms with van der Waals surface area (Å²) in [6.45, 7) is -1.16. The zero-order valence-electron chi connectivity index (χ0n) is 25.2. The van der Waals surface area contributed by atoms with E-state index in [9.17, 15) is 32.5 Å². The lowest BCUT2D eigenvalue weighted by Gasteiger charge is -2.35. The summed E-state index contributed by atoms with van der Waals surface area (Å²) in [5.74, 6) is -1.86.